The summed E-state index contributed by atoms with van der Waals surface area (Å²) in [5.74, 6) is 1.20. The highest BCUT2D eigenvalue weighted by molar-refractivity contribution is 5.44. The maximum absolute atomic E-state index is 10.7. The largest absolute Gasteiger partial charge is 0.363 e. The fourth-order valence-corrected chi connectivity index (χ4v) is 1.53. The molecule has 0 saturated heterocycles. The van der Waals surface area contributed by atoms with Gasteiger partial charge in [0.1, 0.15) is 17.3 Å². The number of hydrogen-bond donors (Lipinski definition) is 1. The molecule has 2 rings (SSSR count). The molecular formula is C12H13N5O2. The van der Waals surface area contributed by atoms with Gasteiger partial charge >= 0.3 is 0 Å². The van der Waals surface area contributed by atoms with Gasteiger partial charge in [-0.05, 0) is 25.5 Å². The van der Waals surface area contributed by atoms with Crippen molar-refractivity contribution < 1.29 is 4.92 Å². The fraction of sp³-hybridized carbons (Fsp3) is 0.250. The minimum absolute atomic E-state index is 0.0112. The monoisotopic (exact) mass is 259 g/mol. The molecule has 2 aromatic heterocycles. The lowest BCUT2D eigenvalue weighted by atomic mass is 10.3. The lowest BCUT2D eigenvalue weighted by molar-refractivity contribution is -0.385. The number of aryl methyl sites for hydroxylation is 2. The molecule has 0 saturated carbocycles. The quantitative estimate of drug-likeness (QED) is 0.666. The topological polar surface area (TPSA) is 93.8 Å². The van der Waals surface area contributed by atoms with Crippen molar-refractivity contribution in [2.45, 2.75) is 20.4 Å². The molecule has 0 atom stereocenters. The molecular weight excluding hydrogens is 246 g/mol. The summed E-state index contributed by atoms with van der Waals surface area (Å²) in [5, 5.41) is 13.7. The average Bonchev–Trinajstić information content (AvgIpc) is 2.37. The van der Waals surface area contributed by atoms with Crippen LogP contribution in [0.4, 0.5) is 11.5 Å². The number of pyridine rings is 1. The molecule has 98 valence electrons. The number of nitrogens with one attached hydrogen (secondary N) is 1. The van der Waals surface area contributed by atoms with Gasteiger partial charge in [0.15, 0.2) is 0 Å². The summed E-state index contributed by atoms with van der Waals surface area (Å²) < 4.78 is 0. The van der Waals surface area contributed by atoms with Crippen LogP contribution in [0.1, 0.15) is 17.1 Å². The predicted octanol–water partition coefficient (Wildman–Crippen LogP) is 2.01. The lowest BCUT2D eigenvalue weighted by Gasteiger charge is -2.05. The fourth-order valence-electron chi connectivity index (χ4n) is 1.53. The van der Waals surface area contributed by atoms with Crippen LogP contribution in [0.3, 0.4) is 0 Å². The normalized spacial score (nSPS) is 10.2. The van der Waals surface area contributed by atoms with E-state index in [0.717, 1.165) is 5.56 Å². The second-order valence-electron chi connectivity index (χ2n) is 4.09. The Balaban J connectivity index is 2.06. The average molecular weight is 259 g/mol. The molecule has 0 aromatic carbocycles. The summed E-state index contributed by atoms with van der Waals surface area (Å²) in [4.78, 5) is 22.6. The van der Waals surface area contributed by atoms with Crippen molar-refractivity contribution in [1.82, 2.24) is 15.0 Å². The SMILES string of the molecule is Cc1cnc(CNc2ccc([N+](=O)[O-])c(C)n2)nc1. The van der Waals surface area contributed by atoms with E-state index in [0.29, 0.717) is 23.9 Å². The Morgan fingerprint density at radius 1 is 1.26 bits per heavy atom. The van der Waals surface area contributed by atoms with Gasteiger partial charge in [-0.2, -0.15) is 0 Å². The molecule has 7 heteroatoms. The smallest absolute Gasteiger partial charge is 0.290 e. The van der Waals surface area contributed by atoms with E-state index in [4.69, 9.17) is 0 Å². The third kappa shape index (κ3) is 3.21. The predicted molar refractivity (Wildman–Crippen MR) is 69.7 cm³/mol. The molecule has 0 aliphatic rings. The number of rotatable bonds is 4. The molecule has 2 heterocycles. The minimum atomic E-state index is -0.449. The Kier molecular flexibility index (Phi) is 3.65. The maximum atomic E-state index is 10.7. The Morgan fingerprint density at radius 3 is 2.53 bits per heavy atom. The van der Waals surface area contributed by atoms with E-state index in [1.807, 2.05) is 6.92 Å². The van der Waals surface area contributed by atoms with E-state index in [1.54, 1.807) is 25.4 Å². The van der Waals surface area contributed by atoms with Crippen molar-refractivity contribution >= 4 is 11.5 Å². The number of anilines is 1. The van der Waals surface area contributed by atoms with E-state index in [2.05, 4.69) is 20.3 Å². The van der Waals surface area contributed by atoms with Gasteiger partial charge in [0, 0.05) is 18.5 Å². The van der Waals surface area contributed by atoms with Crippen LogP contribution in [0.15, 0.2) is 24.5 Å². The highest BCUT2D eigenvalue weighted by atomic mass is 16.6. The molecule has 19 heavy (non-hydrogen) atoms. The summed E-state index contributed by atoms with van der Waals surface area (Å²) in [6.07, 6.45) is 3.47. The van der Waals surface area contributed by atoms with Crippen molar-refractivity contribution in [3.8, 4) is 0 Å². The van der Waals surface area contributed by atoms with E-state index < -0.39 is 4.92 Å². The zero-order valence-electron chi connectivity index (χ0n) is 10.6. The van der Waals surface area contributed by atoms with Crippen molar-refractivity contribution in [3.63, 3.8) is 0 Å². The first kappa shape index (κ1) is 12.9. The van der Waals surface area contributed by atoms with Crippen LogP contribution in [0, 0.1) is 24.0 Å². The minimum Gasteiger partial charge on any atom is -0.363 e. The Labute approximate surface area is 109 Å². The molecule has 2 aromatic rings. The van der Waals surface area contributed by atoms with E-state index >= 15 is 0 Å². The highest BCUT2D eigenvalue weighted by Crippen LogP contribution is 2.17. The summed E-state index contributed by atoms with van der Waals surface area (Å²) in [5.41, 5.74) is 1.38. The molecule has 0 aliphatic heterocycles. The van der Waals surface area contributed by atoms with Gasteiger partial charge < -0.3 is 5.32 Å². The van der Waals surface area contributed by atoms with E-state index in [9.17, 15) is 10.1 Å². The molecule has 0 radical (unpaired) electrons. The van der Waals surface area contributed by atoms with Crippen LogP contribution in [0.5, 0.6) is 0 Å². The second kappa shape index (κ2) is 5.38. The molecule has 1 N–H and O–H groups in total. The summed E-state index contributed by atoms with van der Waals surface area (Å²) in [6.45, 7) is 3.94. The van der Waals surface area contributed by atoms with E-state index in [1.165, 1.54) is 6.07 Å². The third-order valence-electron chi connectivity index (χ3n) is 2.52. The molecule has 7 nitrogen and oxygen atoms in total. The van der Waals surface area contributed by atoms with Gasteiger partial charge in [0.2, 0.25) is 0 Å². The number of aromatic nitrogens is 3. The summed E-state index contributed by atoms with van der Waals surface area (Å²) in [6, 6.07) is 3.00. The zero-order valence-corrected chi connectivity index (χ0v) is 10.6. The van der Waals surface area contributed by atoms with Crippen LogP contribution >= 0.6 is 0 Å². The highest BCUT2D eigenvalue weighted by Gasteiger charge is 2.11. The first-order valence-corrected chi connectivity index (χ1v) is 5.69. The van der Waals surface area contributed by atoms with Gasteiger partial charge in [0.05, 0.1) is 11.5 Å². The van der Waals surface area contributed by atoms with Crippen molar-refractivity contribution in [2.24, 2.45) is 0 Å². The van der Waals surface area contributed by atoms with E-state index in [-0.39, 0.29) is 5.69 Å². The van der Waals surface area contributed by atoms with Crippen LogP contribution in [0.25, 0.3) is 0 Å². The van der Waals surface area contributed by atoms with Crippen molar-refractivity contribution in [3.05, 3.63) is 51.7 Å². The number of hydrogen-bond acceptors (Lipinski definition) is 6. The maximum Gasteiger partial charge on any atom is 0.290 e. The molecule has 0 unspecified atom stereocenters. The van der Waals surface area contributed by atoms with Gasteiger partial charge in [-0.25, -0.2) is 15.0 Å². The Morgan fingerprint density at radius 2 is 1.95 bits per heavy atom. The van der Waals surface area contributed by atoms with Gasteiger partial charge in [0.25, 0.3) is 5.69 Å². The molecule has 0 spiro atoms. The Hall–Kier alpha value is -2.57. The molecule has 0 fully saturated rings. The first-order valence-electron chi connectivity index (χ1n) is 5.69. The van der Waals surface area contributed by atoms with Crippen LogP contribution in [0.2, 0.25) is 0 Å². The van der Waals surface area contributed by atoms with Gasteiger partial charge in [-0.3, -0.25) is 10.1 Å². The van der Waals surface area contributed by atoms with Crippen LogP contribution in [-0.2, 0) is 6.54 Å². The number of nitro groups is 1. The molecule has 0 amide bonds. The molecule has 0 bridgehead atoms. The molecule has 0 aliphatic carbocycles. The van der Waals surface area contributed by atoms with Gasteiger partial charge in [-0.1, -0.05) is 0 Å². The number of nitrogens with zero attached hydrogens (tertiary/aromatic N) is 4. The van der Waals surface area contributed by atoms with Gasteiger partial charge in [-0.15, -0.1) is 0 Å². The lowest BCUT2D eigenvalue weighted by Crippen LogP contribution is -2.06. The second-order valence-corrected chi connectivity index (χ2v) is 4.09. The first-order chi connectivity index (χ1) is 9.06. The van der Waals surface area contributed by atoms with Crippen molar-refractivity contribution in [2.75, 3.05) is 5.32 Å². The Bertz CT molecular complexity index is 598. The third-order valence-corrected chi connectivity index (χ3v) is 2.52. The van der Waals surface area contributed by atoms with Crippen molar-refractivity contribution in [1.29, 1.82) is 0 Å². The zero-order chi connectivity index (χ0) is 13.8. The van der Waals surface area contributed by atoms with Crippen LogP contribution in [-0.4, -0.2) is 19.9 Å². The standard InChI is InChI=1S/C12H13N5O2/c1-8-5-13-12(14-6-8)7-15-11-4-3-10(17(18)19)9(2)16-11/h3-6H,7H2,1-2H3,(H,15,16). The summed E-state index contributed by atoms with van der Waals surface area (Å²) >= 11 is 0. The summed E-state index contributed by atoms with van der Waals surface area (Å²) in [7, 11) is 0. The van der Waals surface area contributed by atoms with Crippen LogP contribution < -0.4 is 5.32 Å².